The number of anilines is 1. The van der Waals surface area contributed by atoms with Crippen molar-refractivity contribution in [3.8, 4) is 5.75 Å². The van der Waals surface area contributed by atoms with E-state index in [1.165, 1.54) is 0 Å². The van der Waals surface area contributed by atoms with Crippen LogP contribution < -0.4 is 25.6 Å². The largest absolute Gasteiger partial charge is 0.495 e. The Hall–Kier alpha value is -3.22. The van der Waals surface area contributed by atoms with E-state index in [0.29, 0.717) is 18.2 Å². The number of methoxy groups -OCH3 is 1. The summed E-state index contributed by atoms with van der Waals surface area (Å²) in [6, 6.07) is 16.0. The summed E-state index contributed by atoms with van der Waals surface area (Å²) in [7, 11) is 5.11. The predicted octanol–water partition coefficient (Wildman–Crippen LogP) is 2.00. The zero-order valence-corrected chi connectivity index (χ0v) is 17.2. The summed E-state index contributed by atoms with van der Waals surface area (Å²) in [5.41, 5.74) is 2.86. The topological polar surface area (TPSA) is 78.0 Å². The number of carbonyl (C=O) groups excluding carboxylic acids is 1. The monoisotopic (exact) mass is 395 g/mol. The van der Waals surface area contributed by atoms with Crippen molar-refractivity contribution in [3.05, 3.63) is 59.7 Å². The number of rotatable bonds is 6. The molecule has 7 nitrogen and oxygen atoms in total. The minimum Gasteiger partial charge on any atom is -0.495 e. The van der Waals surface area contributed by atoms with E-state index in [1.54, 1.807) is 21.2 Å². The highest BCUT2D eigenvalue weighted by Gasteiger charge is 2.25. The molecule has 2 aromatic carbocycles. The SMILES string of the molecule is CN=C(NCc1ccc(C(=O)NC)cc1)NC1CCN(c2ccccc2OC)C1. The van der Waals surface area contributed by atoms with Crippen molar-refractivity contribution in [2.45, 2.75) is 19.0 Å². The smallest absolute Gasteiger partial charge is 0.251 e. The molecule has 0 aliphatic carbocycles. The van der Waals surface area contributed by atoms with Gasteiger partial charge >= 0.3 is 0 Å². The molecule has 1 aliphatic heterocycles. The van der Waals surface area contributed by atoms with Crippen LogP contribution in [0, 0.1) is 0 Å². The number of amides is 1. The van der Waals surface area contributed by atoms with Gasteiger partial charge in [0.15, 0.2) is 5.96 Å². The summed E-state index contributed by atoms with van der Waals surface area (Å²) >= 11 is 0. The molecule has 0 saturated carbocycles. The Morgan fingerprint density at radius 2 is 1.97 bits per heavy atom. The highest BCUT2D eigenvalue weighted by atomic mass is 16.5. The number of benzene rings is 2. The average molecular weight is 396 g/mol. The van der Waals surface area contributed by atoms with Gasteiger partial charge in [-0.15, -0.1) is 0 Å². The number of nitrogens with zero attached hydrogens (tertiary/aromatic N) is 2. The van der Waals surface area contributed by atoms with Crippen LogP contribution in [0.15, 0.2) is 53.5 Å². The first-order valence-electron chi connectivity index (χ1n) is 9.80. The molecule has 1 saturated heterocycles. The molecule has 1 amide bonds. The van der Waals surface area contributed by atoms with Gasteiger partial charge in [-0.05, 0) is 36.2 Å². The van der Waals surface area contributed by atoms with E-state index >= 15 is 0 Å². The Balaban J connectivity index is 1.52. The summed E-state index contributed by atoms with van der Waals surface area (Å²) < 4.78 is 5.49. The van der Waals surface area contributed by atoms with Gasteiger partial charge in [0, 0.05) is 45.3 Å². The minimum atomic E-state index is -0.0807. The van der Waals surface area contributed by atoms with E-state index in [1.807, 2.05) is 42.5 Å². The molecule has 3 N–H and O–H groups in total. The molecule has 1 aliphatic rings. The molecule has 0 spiro atoms. The number of guanidine groups is 1. The van der Waals surface area contributed by atoms with Crippen LogP contribution >= 0.6 is 0 Å². The summed E-state index contributed by atoms with van der Waals surface area (Å²) in [4.78, 5) is 18.3. The second-order valence-electron chi connectivity index (χ2n) is 6.95. The molecule has 29 heavy (non-hydrogen) atoms. The van der Waals surface area contributed by atoms with Crippen LogP contribution in [0.1, 0.15) is 22.3 Å². The second-order valence-corrected chi connectivity index (χ2v) is 6.95. The van der Waals surface area contributed by atoms with Gasteiger partial charge < -0.3 is 25.6 Å². The van der Waals surface area contributed by atoms with Gasteiger partial charge in [-0.25, -0.2) is 0 Å². The van der Waals surface area contributed by atoms with Crippen LogP contribution in [0.25, 0.3) is 0 Å². The predicted molar refractivity (Wildman–Crippen MR) is 117 cm³/mol. The first kappa shape index (κ1) is 20.5. The maximum absolute atomic E-state index is 11.6. The summed E-state index contributed by atoms with van der Waals surface area (Å²) in [6.07, 6.45) is 1.03. The van der Waals surface area contributed by atoms with E-state index in [0.717, 1.165) is 42.5 Å². The summed E-state index contributed by atoms with van der Waals surface area (Å²) in [6.45, 7) is 2.49. The molecule has 0 aromatic heterocycles. The van der Waals surface area contributed by atoms with E-state index in [-0.39, 0.29) is 5.91 Å². The Morgan fingerprint density at radius 1 is 1.21 bits per heavy atom. The lowest BCUT2D eigenvalue weighted by Crippen LogP contribution is -2.44. The Morgan fingerprint density at radius 3 is 2.66 bits per heavy atom. The molecule has 0 bridgehead atoms. The van der Waals surface area contributed by atoms with Crippen LogP contribution in [0.3, 0.4) is 0 Å². The maximum Gasteiger partial charge on any atom is 0.251 e. The van der Waals surface area contributed by atoms with Crippen molar-refractivity contribution in [2.24, 2.45) is 4.99 Å². The van der Waals surface area contributed by atoms with Crippen LogP contribution in [-0.4, -0.2) is 52.2 Å². The van der Waals surface area contributed by atoms with Crippen LogP contribution in [-0.2, 0) is 6.54 Å². The minimum absolute atomic E-state index is 0.0807. The molecule has 0 radical (unpaired) electrons. The van der Waals surface area contributed by atoms with Crippen molar-refractivity contribution in [3.63, 3.8) is 0 Å². The molecule has 3 rings (SSSR count). The number of para-hydroxylation sites is 2. The molecule has 1 unspecified atom stereocenters. The van der Waals surface area contributed by atoms with E-state index in [2.05, 4.69) is 31.9 Å². The molecular formula is C22H29N5O2. The lowest BCUT2D eigenvalue weighted by atomic mass is 10.1. The van der Waals surface area contributed by atoms with Gasteiger partial charge in [0.05, 0.1) is 12.8 Å². The first-order valence-corrected chi connectivity index (χ1v) is 9.80. The normalized spacial score (nSPS) is 16.4. The summed E-state index contributed by atoms with van der Waals surface area (Å²) in [5.74, 6) is 1.59. The van der Waals surface area contributed by atoms with E-state index in [4.69, 9.17) is 4.74 Å². The van der Waals surface area contributed by atoms with Gasteiger partial charge in [0.1, 0.15) is 5.75 Å². The molecule has 1 fully saturated rings. The Kier molecular flexibility index (Phi) is 6.94. The number of aliphatic imine (C=N–C) groups is 1. The number of hydrogen-bond donors (Lipinski definition) is 3. The fraction of sp³-hybridized carbons (Fsp3) is 0.364. The van der Waals surface area contributed by atoms with Gasteiger partial charge in [0.25, 0.3) is 5.91 Å². The third kappa shape index (κ3) is 5.19. The number of hydrogen-bond acceptors (Lipinski definition) is 4. The van der Waals surface area contributed by atoms with Gasteiger partial charge in [-0.1, -0.05) is 24.3 Å². The summed E-state index contributed by atoms with van der Waals surface area (Å²) in [5, 5.41) is 9.48. The number of carbonyl (C=O) groups is 1. The standard InChI is InChI=1S/C22H29N5O2/c1-23-21(28)17-10-8-16(9-11-17)14-25-22(24-2)26-18-12-13-27(15-18)19-6-4-5-7-20(19)29-3/h4-11,18H,12-15H2,1-3H3,(H,23,28)(H2,24,25,26). The zero-order valence-electron chi connectivity index (χ0n) is 17.2. The molecular weight excluding hydrogens is 366 g/mol. The fourth-order valence-corrected chi connectivity index (χ4v) is 3.48. The van der Waals surface area contributed by atoms with Gasteiger partial charge in [0.2, 0.25) is 0 Å². The van der Waals surface area contributed by atoms with Crippen LogP contribution in [0.4, 0.5) is 5.69 Å². The van der Waals surface area contributed by atoms with Gasteiger partial charge in [-0.2, -0.15) is 0 Å². The van der Waals surface area contributed by atoms with Crippen molar-refractivity contribution < 1.29 is 9.53 Å². The van der Waals surface area contributed by atoms with Crippen molar-refractivity contribution >= 4 is 17.6 Å². The lowest BCUT2D eigenvalue weighted by Gasteiger charge is -2.22. The highest BCUT2D eigenvalue weighted by Crippen LogP contribution is 2.30. The third-order valence-corrected chi connectivity index (χ3v) is 5.08. The molecule has 154 valence electrons. The molecule has 7 heteroatoms. The lowest BCUT2D eigenvalue weighted by molar-refractivity contribution is 0.0963. The van der Waals surface area contributed by atoms with Crippen molar-refractivity contribution in [1.29, 1.82) is 0 Å². The molecule has 1 heterocycles. The number of nitrogens with one attached hydrogen (secondary N) is 3. The Bertz CT molecular complexity index is 851. The van der Waals surface area contributed by atoms with Gasteiger partial charge in [-0.3, -0.25) is 9.79 Å². The fourth-order valence-electron chi connectivity index (χ4n) is 3.48. The first-order chi connectivity index (χ1) is 14.1. The quantitative estimate of drug-likeness (QED) is 0.515. The van der Waals surface area contributed by atoms with E-state index < -0.39 is 0 Å². The average Bonchev–Trinajstić information content (AvgIpc) is 3.24. The molecule has 1 atom stereocenters. The highest BCUT2D eigenvalue weighted by molar-refractivity contribution is 5.93. The Labute approximate surface area is 172 Å². The van der Waals surface area contributed by atoms with Crippen molar-refractivity contribution in [1.82, 2.24) is 16.0 Å². The van der Waals surface area contributed by atoms with Crippen molar-refractivity contribution in [2.75, 3.05) is 39.2 Å². The van der Waals surface area contributed by atoms with E-state index in [9.17, 15) is 4.79 Å². The van der Waals surface area contributed by atoms with Crippen LogP contribution in [0.2, 0.25) is 0 Å². The van der Waals surface area contributed by atoms with Crippen LogP contribution in [0.5, 0.6) is 5.75 Å². The maximum atomic E-state index is 11.6. The second kappa shape index (κ2) is 9.82. The third-order valence-electron chi connectivity index (χ3n) is 5.08. The molecule has 2 aromatic rings. The number of ether oxygens (including phenoxy) is 1. The zero-order chi connectivity index (χ0) is 20.6.